The third-order valence-electron chi connectivity index (χ3n) is 2.05. The molecule has 0 aliphatic carbocycles. The summed E-state index contributed by atoms with van der Waals surface area (Å²) in [5, 5.41) is 8.75. The van der Waals surface area contributed by atoms with E-state index in [0.29, 0.717) is 0 Å². The minimum Gasteiger partial charge on any atom is -0.469 e. The molecule has 8 nitrogen and oxygen atoms in total. The SMILES string of the molecule is COC(=O)CC(CC(=O)OC)(OO)C(=O)OC. The van der Waals surface area contributed by atoms with E-state index in [9.17, 15) is 14.4 Å². The molecule has 0 aromatic carbocycles. The van der Waals surface area contributed by atoms with Gasteiger partial charge in [-0.2, -0.15) is 0 Å². The molecule has 8 heteroatoms. The Kier molecular flexibility index (Phi) is 6.15. The van der Waals surface area contributed by atoms with Crippen LogP contribution in [-0.4, -0.2) is 50.1 Å². The lowest BCUT2D eigenvalue weighted by Crippen LogP contribution is -2.46. The summed E-state index contributed by atoms with van der Waals surface area (Å²) in [7, 11) is 3.18. The van der Waals surface area contributed by atoms with Gasteiger partial charge in [0.1, 0.15) is 0 Å². The van der Waals surface area contributed by atoms with Crippen LogP contribution in [0.2, 0.25) is 0 Å². The van der Waals surface area contributed by atoms with Crippen LogP contribution in [0.3, 0.4) is 0 Å². The zero-order valence-corrected chi connectivity index (χ0v) is 9.72. The number of hydrogen-bond acceptors (Lipinski definition) is 8. The third-order valence-corrected chi connectivity index (χ3v) is 2.05. The molecule has 0 fully saturated rings. The second kappa shape index (κ2) is 6.81. The number of methoxy groups -OCH3 is 3. The minimum atomic E-state index is -2.16. The summed E-state index contributed by atoms with van der Waals surface area (Å²) < 4.78 is 13.0. The molecule has 0 aromatic heterocycles. The predicted octanol–water partition coefficient (Wildman–Crippen LogP) is -0.486. The van der Waals surface area contributed by atoms with Crippen molar-refractivity contribution in [1.82, 2.24) is 0 Å². The van der Waals surface area contributed by atoms with E-state index in [1.807, 2.05) is 0 Å². The first-order chi connectivity index (χ1) is 7.95. The molecule has 0 radical (unpaired) electrons. The first-order valence-corrected chi connectivity index (χ1v) is 4.50. The van der Waals surface area contributed by atoms with Crippen LogP contribution in [0.4, 0.5) is 0 Å². The maximum absolute atomic E-state index is 11.4. The van der Waals surface area contributed by atoms with Gasteiger partial charge in [-0.3, -0.25) is 14.8 Å². The second-order valence-corrected chi connectivity index (χ2v) is 3.08. The number of carbonyl (C=O) groups excluding carboxylic acids is 3. The van der Waals surface area contributed by atoms with Crippen LogP contribution >= 0.6 is 0 Å². The van der Waals surface area contributed by atoms with Gasteiger partial charge in [0.2, 0.25) is 5.60 Å². The van der Waals surface area contributed by atoms with E-state index in [1.54, 1.807) is 0 Å². The average molecular weight is 250 g/mol. The van der Waals surface area contributed by atoms with Crippen molar-refractivity contribution in [3.63, 3.8) is 0 Å². The van der Waals surface area contributed by atoms with Gasteiger partial charge in [0.25, 0.3) is 0 Å². The smallest absolute Gasteiger partial charge is 0.342 e. The first kappa shape index (κ1) is 15.3. The van der Waals surface area contributed by atoms with Crippen molar-refractivity contribution < 1.29 is 38.7 Å². The highest BCUT2D eigenvalue weighted by molar-refractivity contribution is 5.90. The summed E-state index contributed by atoms with van der Waals surface area (Å²) in [4.78, 5) is 37.6. The molecule has 0 unspecified atom stereocenters. The molecule has 0 amide bonds. The Morgan fingerprint density at radius 1 is 0.941 bits per heavy atom. The molecule has 17 heavy (non-hydrogen) atoms. The molecule has 98 valence electrons. The molecule has 0 aliphatic heterocycles. The summed E-state index contributed by atoms with van der Waals surface area (Å²) in [5.41, 5.74) is -2.16. The summed E-state index contributed by atoms with van der Waals surface area (Å²) in [6, 6.07) is 0. The molecular weight excluding hydrogens is 236 g/mol. The lowest BCUT2D eigenvalue weighted by Gasteiger charge is -2.24. The van der Waals surface area contributed by atoms with Crippen LogP contribution in [0.15, 0.2) is 0 Å². The van der Waals surface area contributed by atoms with Crippen molar-refractivity contribution in [3.8, 4) is 0 Å². The van der Waals surface area contributed by atoms with Crippen LogP contribution in [0.25, 0.3) is 0 Å². The summed E-state index contributed by atoms with van der Waals surface area (Å²) in [6.07, 6.45) is -1.36. The Morgan fingerprint density at radius 3 is 1.59 bits per heavy atom. The van der Waals surface area contributed by atoms with Crippen LogP contribution < -0.4 is 0 Å². The van der Waals surface area contributed by atoms with E-state index in [2.05, 4.69) is 19.1 Å². The van der Waals surface area contributed by atoms with Crippen molar-refractivity contribution in [2.75, 3.05) is 21.3 Å². The Morgan fingerprint density at radius 2 is 1.35 bits per heavy atom. The van der Waals surface area contributed by atoms with Gasteiger partial charge in [-0.1, -0.05) is 0 Å². The number of carbonyl (C=O) groups is 3. The zero-order chi connectivity index (χ0) is 13.5. The number of rotatable bonds is 6. The molecule has 1 N–H and O–H groups in total. The Balaban J connectivity index is 5.06. The fourth-order valence-electron chi connectivity index (χ4n) is 1.11. The first-order valence-electron chi connectivity index (χ1n) is 4.50. The fraction of sp³-hybridized carbons (Fsp3) is 0.667. The highest BCUT2D eigenvalue weighted by atomic mass is 17.1. The Labute approximate surface area is 97.3 Å². The molecular formula is C9H14O8. The molecule has 0 spiro atoms. The topological polar surface area (TPSA) is 108 Å². The molecule has 0 atom stereocenters. The van der Waals surface area contributed by atoms with Gasteiger partial charge >= 0.3 is 17.9 Å². The minimum absolute atomic E-state index is 0.679. The van der Waals surface area contributed by atoms with E-state index in [1.165, 1.54) is 0 Å². The summed E-state index contributed by atoms with van der Waals surface area (Å²) >= 11 is 0. The highest BCUT2D eigenvalue weighted by Gasteiger charge is 2.47. The molecule has 0 heterocycles. The van der Waals surface area contributed by atoms with E-state index >= 15 is 0 Å². The fourth-order valence-corrected chi connectivity index (χ4v) is 1.11. The van der Waals surface area contributed by atoms with Gasteiger partial charge in [-0.15, -0.1) is 0 Å². The van der Waals surface area contributed by atoms with Crippen LogP contribution in [0.5, 0.6) is 0 Å². The van der Waals surface area contributed by atoms with Gasteiger partial charge in [0, 0.05) is 0 Å². The molecule has 0 aliphatic rings. The van der Waals surface area contributed by atoms with Gasteiger partial charge in [-0.25, -0.2) is 9.68 Å². The maximum atomic E-state index is 11.4. The van der Waals surface area contributed by atoms with Gasteiger partial charge in [0.15, 0.2) is 0 Å². The Bertz CT molecular complexity index is 279. The van der Waals surface area contributed by atoms with Crippen LogP contribution in [0.1, 0.15) is 12.8 Å². The second-order valence-electron chi connectivity index (χ2n) is 3.08. The molecule has 0 rings (SSSR count). The molecule has 0 saturated heterocycles. The highest BCUT2D eigenvalue weighted by Crippen LogP contribution is 2.23. The lowest BCUT2D eigenvalue weighted by molar-refractivity contribution is -0.319. The average Bonchev–Trinajstić information content (AvgIpc) is 2.36. The Hall–Kier alpha value is -1.67. The van der Waals surface area contributed by atoms with Crippen molar-refractivity contribution in [3.05, 3.63) is 0 Å². The maximum Gasteiger partial charge on any atom is 0.342 e. The van der Waals surface area contributed by atoms with E-state index in [0.717, 1.165) is 21.3 Å². The van der Waals surface area contributed by atoms with Crippen LogP contribution in [-0.2, 0) is 33.5 Å². The van der Waals surface area contributed by atoms with Crippen molar-refractivity contribution in [1.29, 1.82) is 0 Å². The van der Waals surface area contributed by atoms with E-state index in [4.69, 9.17) is 5.26 Å². The van der Waals surface area contributed by atoms with E-state index < -0.39 is 36.4 Å². The molecule has 0 aromatic rings. The third kappa shape index (κ3) is 4.00. The number of esters is 3. The molecule has 0 saturated carbocycles. The van der Waals surface area contributed by atoms with E-state index in [-0.39, 0.29) is 0 Å². The largest absolute Gasteiger partial charge is 0.469 e. The van der Waals surface area contributed by atoms with Crippen LogP contribution in [0, 0.1) is 0 Å². The number of ether oxygens (including phenoxy) is 3. The van der Waals surface area contributed by atoms with Gasteiger partial charge < -0.3 is 14.2 Å². The summed E-state index contributed by atoms with van der Waals surface area (Å²) in [6.45, 7) is 0. The zero-order valence-electron chi connectivity index (χ0n) is 9.72. The summed E-state index contributed by atoms with van der Waals surface area (Å²) in [5.74, 6) is -2.79. The molecule has 0 bridgehead atoms. The predicted molar refractivity (Wildman–Crippen MR) is 51.7 cm³/mol. The van der Waals surface area contributed by atoms with Gasteiger partial charge in [0.05, 0.1) is 34.2 Å². The monoisotopic (exact) mass is 250 g/mol. The standard InChI is InChI=1S/C9H14O8/c1-14-6(10)4-9(17-13,8(12)16-3)5-7(11)15-2/h13H,4-5H2,1-3H3. The van der Waals surface area contributed by atoms with Crippen molar-refractivity contribution >= 4 is 17.9 Å². The van der Waals surface area contributed by atoms with Crippen molar-refractivity contribution in [2.45, 2.75) is 18.4 Å². The van der Waals surface area contributed by atoms with Gasteiger partial charge in [-0.05, 0) is 0 Å². The number of hydrogen-bond donors (Lipinski definition) is 1. The normalized spacial score (nSPS) is 10.6. The lowest BCUT2D eigenvalue weighted by atomic mass is 9.95. The van der Waals surface area contributed by atoms with Crippen molar-refractivity contribution in [2.24, 2.45) is 0 Å². The quantitative estimate of drug-likeness (QED) is 0.291.